The van der Waals surface area contributed by atoms with Crippen LogP contribution in [-0.2, 0) is 6.42 Å². The topological polar surface area (TPSA) is 72.6 Å². The summed E-state index contributed by atoms with van der Waals surface area (Å²) in [5.74, 6) is 0.790. The molecule has 0 radical (unpaired) electrons. The van der Waals surface area contributed by atoms with Crippen LogP contribution in [0.5, 0.6) is 11.5 Å². The number of nitro groups is 1. The summed E-state index contributed by atoms with van der Waals surface area (Å²) in [6, 6.07) is 11.4. The number of aromatic hydroxyl groups is 1. The first-order chi connectivity index (χ1) is 10.1. The van der Waals surface area contributed by atoms with E-state index < -0.39 is 4.92 Å². The van der Waals surface area contributed by atoms with Crippen LogP contribution in [0, 0.1) is 10.1 Å². The molecule has 5 heteroatoms. The molecule has 2 aromatic carbocycles. The van der Waals surface area contributed by atoms with Crippen molar-refractivity contribution in [1.82, 2.24) is 0 Å². The van der Waals surface area contributed by atoms with E-state index in [-0.39, 0.29) is 11.4 Å². The number of rotatable bonds is 5. The van der Waals surface area contributed by atoms with E-state index in [1.165, 1.54) is 12.1 Å². The molecule has 0 heterocycles. The quantitative estimate of drug-likeness (QED) is 0.673. The van der Waals surface area contributed by atoms with Crippen molar-refractivity contribution >= 4 is 11.8 Å². The molecule has 0 aliphatic heterocycles. The van der Waals surface area contributed by atoms with E-state index in [2.05, 4.69) is 0 Å². The highest BCUT2D eigenvalue weighted by molar-refractivity contribution is 5.53. The van der Waals surface area contributed by atoms with Crippen molar-refractivity contribution in [3.8, 4) is 11.5 Å². The van der Waals surface area contributed by atoms with Crippen LogP contribution in [-0.4, -0.2) is 17.1 Å². The fraction of sp³-hybridized carbons (Fsp3) is 0.125. The van der Waals surface area contributed by atoms with Crippen molar-refractivity contribution in [3.63, 3.8) is 0 Å². The lowest BCUT2D eigenvalue weighted by atomic mass is 10.1. The van der Waals surface area contributed by atoms with Crippen molar-refractivity contribution in [2.24, 2.45) is 0 Å². The van der Waals surface area contributed by atoms with Crippen molar-refractivity contribution in [3.05, 3.63) is 69.8 Å². The van der Waals surface area contributed by atoms with E-state index in [1.807, 2.05) is 12.2 Å². The number of phenols is 1. The van der Waals surface area contributed by atoms with Gasteiger partial charge in [-0.1, -0.05) is 18.2 Å². The molecule has 108 valence electrons. The van der Waals surface area contributed by atoms with E-state index in [0.717, 1.165) is 11.1 Å². The number of hydrogen-bond acceptors (Lipinski definition) is 4. The largest absolute Gasteiger partial charge is 0.508 e. The number of phenolic OH excluding ortho intramolecular Hbond substituents is 1. The highest BCUT2D eigenvalue weighted by atomic mass is 16.6. The summed E-state index contributed by atoms with van der Waals surface area (Å²) in [5.41, 5.74) is 1.72. The van der Waals surface area contributed by atoms with Crippen LogP contribution in [0.4, 0.5) is 5.69 Å². The third kappa shape index (κ3) is 3.82. The minimum atomic E-state index is -0.428. The number of non-ortho nitro benzene ring substituents is 1. The second-order valence-electron chi connectivity index (χ2n) is 4.45. The maximum atomic E-state index is 10.6. The number of benzene rings is 2. The Morgan fingerprint density at radius 1 is 1.24 bits per heavy atom. The molecule has 0 aromatic heterocycles. The second-order valence-corrected chi connectivity index (χ2v) is 4.45. The van der Waals surface area contributed by atoms with E-state index in [4.69, 9.17) is 4.74 Å². The minimum absolute atomic E-state index is 0.0694. The number of nitrogens with zero attached hydrogens (tertiary/aromatic N) is 1. The zero-order valence-corrected chi connectivity index (χ0v) is 11.5. The van der Waals surface area contributed by atoms with Crippen LogP contribution in [0.1, 0.15) is 11.1 Å². The average Bonchev–Trinajstić information content (AvgIpc) is 2.49. The second kappa shape index (κ2) is 6.56. The number of ether oxygens (including phenoxy) is 1. The van der Waals surface area contributed by atoms with Crippen LogP contribution in [0.2, 0.25) is 0 Å². The van der Waals surface area contributed by atoms with E-state index >= 15 is 0 Å². The number of allylic oxidation sites excluding steroid dienone is 1. The predicted octanol–water partition coefficient (Wildman–Crippen LogP) is 3.56. The first kappa shape index (κ1) is 14.6. The Morgan fingerprint density at radius 2 is 1.95 bits per heavy atom. The van der Waals surface area contributed by atoms with Gasteiger partial charge in [0.05, 0.1) is 12.0 Å². The van der Waals surface area contributed by atoms with Crippen LogP contribution in [0.3, 0.4) is 0 Å². The van der Waals surface area contributed by atoms with Crippen molar-refractivity contribution in [2.75, 3.05) is 7.11 Å². The van der Waals surface area contributed by atoms with Gasteiger partial charge >= 0.3 is 0 Å². The molecule has 0 unspecified atom stereocenters. The van der Waals surface area contributed by atoms with Crippen molar-refractivity contribution < 1.29 is 14.8 Å². The zero-order chi connectivity index (χ0) is 15.2. The molecule has 5 nitrogen and oxygen atoms in total. The van der Waals surface area contributed by atoms with Gasteiger partial charge in [-0.15, -0.1) is 0 Å². The Bertz CT molecular complexity index is 662. The average molecular weight is 285 g/mol. The normalized spacial score (nSPS) is 10.7. The molecule has 0 aliphatic carbocycles. The molecular weight excluding hydrogens is 270 g/mol. The summed E-state index contributed by atoms with van der Waals surface area (Å²) < 4.78 is 5.02. The summed E-state index contributed by atoms with van der Waals surface area (Å²) in [7, 11) is 1.54. The van der Waals surface area contributed by atoms with Crippen molar-refractivity contribution in [1.29, 1.82) is 0 Å². The molecule has 0 bridgehead atoms. The van der Waals surface area contributed by atoms with Gasteiger partial charge in [0.15, 0.2) is 0 Å². The molecule has 1 N–H and O–H groups in total. The fourth-order valence-electron chi connectivity index (χ4n) is 1.87. The predicted molar refractivity (Wildman–Crippen MR) is 80.5 cm³/mol. The molecule has 0 spiro atoms. The van der Waals surface area contributed by atoms with Gasteiger partial charge in [0.25, 0.3) is 5.69 Å². The van der Waals surface area contributed by atoms with Gasteiger partial charge in [0, 0.05) is 18.2 Å². The number of hydrogen-bond donors (Lipinski definition) is 1. The Balaban J connectivity index is 2.03. The summed E-state index contributed by atoms with van der Waals surface area (Å²) >= 11 is 0. The van der Waals surface area contributed by atoms with Gasteiger partial charge in [0.2, 0.25) is 0 Å². The third-order valence-corrected chi connectivity index (χ3v) is 3.04. The monoisotopic (exact) mass is 285 g/mol. The molecule has 0 aliphatic rings. The maximum Gasteiger partial charge on any atom is 0.269 e. The summed E-state index contributed by atoms with van der Waals surface area (Å²) in [6.07, 6.45) is 4.31. The Kier molecular flexibility index (Phi) is 4.56. The first-order valence-electron chi connectivity index (χ1n) is 6.37. The molecule has 0 atom stereocenters. The number of nitro benzene ring substituents is 1. The van der Waals surface area contributed by atoms with Gasteiger partial charge in [-0.2, -0.15) is 0 Å². The molecule has 2 aromatic rings. The van der Waals surface area contributed by atoms with Crippen LogP contribution < -0.4 is 4.74 Å². The van der Waals surface area contributed by atoms with Gasteiger partial charge < -0.3 is 9.84 Å². The van der Waals surface area contributed by atoms with Crippen LogP contribution >= 0.6 is 0 Å². The molecule has 0 amide bonds. The standard InChI is InChI=1S/C16H15NO4/c1-21-15-10-7-13(16(18)11-15)4-2-3-12-5-8-14(9-6-12)17(19)20/h2-3,5-11,18H,4H2,1H3/b3-2+. The molecule has 0 fully saturated rings. The van der Waals surface area contributed by atoms with E-state index in [9.17, 15) is 15.2 Å². The lowest BCUT2D eigenvalue weighted by Crippen LogP contribution is -1.87. The molecule has 2 rings (SSSR count). The Labute approximate surface area is 122 Å². The van der Waals surface area contributed by atoms with Gasteiger partial charge in [-0.25, -0.2) is 0 Å². The maximum absolute atomic E-state index is 10.6. The number of methoxy groups -OCH3 is 1. The van der Waals surface area contributed by atoms with Gasteiger partial charge in [-0.3, -0.25) is 10.1 Å². The van der Waals surface area contributed by atoms with Gasteiger partial charge in [0.1, 0.15) is 11.5 Å². The zero-order valence-electron chi connectivity index (χ0n) is 11.5. The Morgan fingerprint density at radius 3 is 2.52 bits per heavy atom. The third-order valence-electron chi connectivity index (χ3n) is 3.04. The molecular formula is C16H15NO4. The van der Waals surface area contributed by atoms with Gasteiger partial charge in [-0.05, 0) is 35.7 Å². The summed E-state index contributed by atoms with van der Waals surface area (Å²) in [4.78, 5) is 10.1. The minimum Gasteiger partial charge on any atom is -0.508 e. The molecule has 0 saturated carbocycles. The van der Waals surface area contributed by atoms with Crippen molar-refractivity contribution in [2.45, 2.75) is 6.42 Å². The lowest BCUT2D eigenvalue weighted by molar-refractivity contribution is -0.384. The first-order valence-corrected chi connectivity index (χ1v) is 6.37. The van der Waals surface area contributed by atoms with Crippen LogP contribution in [0.25, 0.3) is 6.08 Å². The van der Waals surface area contributed by atoms with E-state index in [0.29, 0.717) is 12.2 Å². The van der Waals surface area contributed by atoms with Crippen LogP contribution in [0.15, 0.2) is 48.5 Å². The summed E-state index contributed by atoms with van der Waals surface area (Å²) in [5, 5.41) is 20.4. The fourth-order valence-corrected chi connectivity index (χ4v) is 1.87. The molecule has 0 saturated heterocycles. The smallest absolute Gasteiger partial charge is 0.269 e. The highest BCUT2D eigenvalue weighted by Crippen LogP contribution is 2.24. The highest BCUT2D eigenvalue weighted by Gasteiger charge is 2.03. The lowest BCUT2D eigenvalue weighted by Gasteiger charge is -2.04. The Hall–Kier alpha value is -2.82. The summed E-state index contributed by atoms with van der Waals surface area (Å²) in [6.45, 7) is 0. The van der Waals surface area contributed by atoms with E-state index in [1.54, 1.807) is 37.4 Å². The SMILES string of the molecule is COc1ccc(C/C=C/c2ccc([N+](=O)[O-])cc2)c(O)c1. The molecule has 21 heavy (non-hydrogen) atoms.